The van der Waals surface area contributed by atoms with E-state index in [1.165, 1.54) is 24.8 Å². The smallest absolute Gasteiger partial charge is 0.358 e. The first-order valence-electron chi connectivity index (χ1n) is 35.6. The molecule has 27 nitrogen and oxygen atoms in total. The summed E-state index contributed by atoms with van der Waals surface area (Å²) in [5.41, 5.74) is 42.5. The standard InChI is InChI=1S/C22H20N6O2.C17H15ClN2O.C17H17N3O.C15H16N2O.C8H9NO2.C5H5N3O2.C2H2Cl2O.CH4/c1-13-6-3-4-9-16(13)28-17(12-26-21(29)19-20(23)25-11-10-24-19)27-15-8-5-7-14(2)18(15)22(28)30;2*1-11-6-3-4-9-14(11)20-15(10-18)19-13-8-5-7-12(2)16(13)17(20)21;1-10-6-3-4-9-13(10)17-15(18)14-11(2)7-5-8-12(14)16;1-5-3-2-4-6(9)7(5)8(10)11;6-4-3(5(9)10)7-1-2-8-4;3-1-2(4)5;/h3-11H,12H2,1-2H3,(H2,23,25)(H,26,29);3-9H,10H2,1-2H3;3-9H,10,18H2,1-2H3;3-9H,16H2,1-2H3,(H,17,18);2-4H,9H2,1H3,(H,10,11);1-2H,(H2,6,8)(H,9,10);1H2;1H4. The first-order valence-corrected chi connectivity index (χ1v) is 37.1. The molecule has 30 heteroatoms. The van der Waals surface area contributed by atoms with Crippen LogP contribution in [0, 0.1) is 62.3 Å². The van der Waals surface area contributed by atoms with Crippen LogP contribution in [0.5, 0.6) is 0 Å². The summed E-state index contributed by atoms with van der Waals surface area (Å²) in [6.45, 7) is 17.4. The Hall–Kier alpha value is -13.9. The normalized spacial score (nSPS) is 10.3. The van der Waals surface area contributed by atoms with Gasteiger partial charge in [0, 0.05) is 41.8 Å². The van der Waals surface area contributed by atoms with Gasteiger partial charge in [0.1, 0.15) is 17.5 Å². The number of rotatable bonds is 13. The number of aromatic carboxylic acids is 2. The van der Waals surface area contributed by atoms with Gasteiger partial charge in [-0.2, -0.15) is 0 Å². The van der Waals surface area contributed by atoms with Crippen LogP contribution >= 0.6 is 34.8 Å². The van der Waals surface area contributed by atoms with Crippen molar-refractivity contribution in [2.75, 3.05) is 34.1 Å². The molecule has 0 aliphatic heterocycles. The van der Waals surface area contributed by atoms with Crippen molar-refractivity contribution < 1.29 is 34.2 Å². The number of halogens is 3. The van der Waals surface area contributed by atoms with E-state index in [4.69, 9.17) is 73.7 Å². The van der Waals surface area contributed by atoms with Crippen LogP contribution in [0.25, 0.3) is 49.8 Å². The fraction of sp³-hybridized carbons (Fsp3) is 0.161. The molecule has 0 saturated heterocycles. The van der Waals surface area contributed by atoms with Crippen LogP contribution in [0.2, 0.25) is 0 Å². The van der Waals surface area contributed by atoms with Crippen LogP contribution in [0.4, 0.5) is 28.7 Å². The van der Waals surface area contributed by atoms with Gasteiger partial charge in [0.15, 0.2) is 23.0 Å². The lowest BCUT2D eigenvalue weighted by Crippen LogP contribution is -2.31. The minimum Gasteiger partial charge on any atom is -0.478 e. The maximum atomic E-state index is 13.5. The molecule has 0 aliphatic carbocycles. The minimum absolute atomic E-state index is 0. The van der Waals surface area contributed by atoms with Gasteiger partial charge in [-0.25, -0.2) is 44.5 Å². The molecule has 14 N–H and O–H groups in total. The molecule has 5 heterocycles. The third kappa shape index (κ3) is 22.5. The first-order chi connectivity index (χ1) is 55.4. The summed E-state index contributed by atoms with van der Waals surface area (Å²) in [6.07, 6.45) is 5.42. The summed E-state index contributed by atoms with van der Waals surface area (Å²) in [5, 5.41) is 24.0. The number of carbonyl (C=O) groups excluding carboxylic acids is 3. The molecule has 14 rings (SSSR count). The number of fused-ring (bicyclic) bond motifs is 3. The lowest BCUT2D eigenvalue weighted by atomic mass is 10.1. The van der Waals surface area contributed by atoms with Crippen molar-refractivity contribution >= 4 is 125 Å². The zero-order valence-electron chi connectivity index (χ0n) is 64.7. The van der Waals surface area contributed by atoms with E-state index in [-0.39, 0.29) is 83.4 Å². The maximum absolute atomic E-state index is 13.5. The molecule has 0 saturated carbocycles. The van der Waals surface area contributed by atoms with Crippen molar-refractivity contribution in [3.05, 3.63) is 334 Å². The number of carbonyl (C=O) groups is 5. The van der Waals surface area contributed by atoms with E-state index in [1.807, 2.05) is 213 Å². The van der Waals surface area contributed by atoms with Gasteiger partial charge in [0.05, 0.1) is 85.7 Å². The summed E-state index contributed by atoms with van der Waals surface area (Å²) in [5.74, 6) is -1.18. The van der Waals surface area contributed by atoms with Crippen LogP contribution in [-0.4, -0.2) is 93.7 Å². The Kier molecular flexibility index (Phi) is 32.7. The van der Waals surface area contributed by atoms with E-state index in [9.17, 15) is 38.4 Å². The number of nitrogen functional groups attached to an aromatic ring is 4. The van der Waals surface area contributed by atoms with Gasteiger partial charge in [-0.3, -0.25) is 42.5 Å². The topological polar surface area (TPSA) is 436 Å². The molecule has 0 fully saturated rings. The number of hydrogen-bond acceptors (Lipinski definition) is 20. The van der Waals surface area contributed by atoms with Crippen LogP contribution in [0.3, 0.4) is 0 Å². The number of aryl methyl sites for hydroxylation is 9. The molecule has 0 radical (unpaired) electrons. The zero-order chi connectivity index (χ0) is 84.6. The fourth-order valence-electron chi connectivity index (χ4n) is 12.0. The molecule has 9 aromatic carbocycles. The van der Waals surface area contributed by atoms with Crippen molar-refractivity contribution in [3.63, 3.8) is 0 Å². The number of aromatic nitrogens is 10. The van der Waals surface area contributed by atoms with E-state index in [0.29, 0.717) is 78.4 Å². The minimum atomic E-state index is -1.16. The number of nitrogens with zero attached hydrogens (tertiary/aromatic N) is 10. The average Bonchev–Trinajstić information content (AvgIpc) is 0.768. The van der Waals surface area contributed by atoms with Gasteiger partial charge < -0.3 is 49.5 Å². The average molecular weight is 1640 g/mol. The van der Waals surface area contributed by atoms with Crippen LogP contribution in [0.1, 0.15) is 117 Å². The molecular formula is C87H88Cl3N17O10. The van der Waals surface area contributed by atoms with Crippen molar-refractivity contribution in [2.45, 2.75) is 88.7 Å². The second kappa shape index (κ2) is 42.3. The van der Waals surface area contributed by atoms with E-state index in [1.54, 1.807) is 51.0 Å². The highest BCUT2D eigenvalue weighted by Crippen LogP contribution is 2.25. The second-order valence-electron chi connectivity index (χ2n) is 25.8. The van der Waals surface area contributed by atoms with Crippen LogP contribution in [0.15, 0.2) is 227 Å². The number of para-hydroxylation sites is 4. The van der Waals surface area contributed by atoms with Gasteiger partial charge >= 0.3 is 11.9 Å². The molecule has 2 amide bonds. The van der Waals surface area contributed by atoms with E-state index < -0.39 is 23.1 Å². The molecule has 0 bridgehead atoms. The van der Waals surface area contributed by atoms with E-state index in [0.717, 1.165) is 61.6 Å². The summed E-state index contributed by atoms with van der Waals surface area (Å²) >= 11 is 15.6. The molecule has 0 spiro atoms. The number of carboxylic acid groups (broad SMARTS) is 2. The monoisotopic (exact) mass is 1640 g/mol. The van der Waals surface area contributed by atoms with Gasteiger partial charge in [0.2, 0.25) is 5.24 Å². The van der Waals surface area contributed by atoms with Crippen molar-refractivity contribution in [2.24, 2.45) is 5.73 Å². The summed E-state index contributed by atoms with van der Waals surface area (Å²) in [6, 6.07) is 58.1. The maximum Gasteiger partial charge on any atom is 0.358 e. The van der Waals surface area contributed by atoms with Gasteiger partial charge in [-0.15, -0.1) is 23.2 Å². The third-order valence-corrected chi connectivity index (χ3v) is 18.5. The molecule has 14 aromatic rings. The number of alkyl halides is 2. The lowest BCUT2D eigenvalue weighted by Gasteiger charge is -2.16. The van der Waals surface area contributed by atoms with Gasteiger partial charge in [-0.1, -0.05) is 141 Å². The zero-order valence-corrected chi connectivity index (χ0v) is 67.0. The van der Waals surface area contributed by atoms with Crippen LogP contribution in [-0.2, 0) is 23.8 Å². The molecule has 117 heavy (non-hydrogen) atoms. The SMILES string of the molecule is C.Cc1cccc(N)c1C(=O)O.Cc1ccccc1-n1c(CCl)nc2cccc(C)c2c1=O.Cc1ccccc1-n1c(CN)nc2cccc(C)c2c1=O.Cc1ccccc1-n1c(CNC(=O)c2nccnc2N)nc2cccc(C)c2c1=O.Cc1ccccc1NC(=O)c1c(C)cccc1N.Nc1nccnc1C(=O)O.O=C(Cl)CCl. The number of anilines is 5. The number of carboxylic acids is 2. The Morgan fingerprint density at radius 3 is 1.10 bits per heavy atom. The quantitative estimate of drug-likeness (QED) is 0.0294. The summed E-state index contributed by atoms with van der Waals surface area (Å²) in [7, 11) is 0. The van der Waals surface area contributed by atoms with Crippen LogP contribution < -0.4 is 56.0 Å². The molecule has 0 aliphatic rings. The predicted molar refractivity (Wildman–Crippen MR) is 464 cm³/mol. The van der Waals surface area contributed by atoms with Crippen molar-refractivity contribution in [1.29, 1.82) is 0 Å². The highest BCUT2D eigenvalue weighted by atomic mass is 35.5. The Morgan fingerprint density at radius 2 is 0.744 bits per heavy atom. The number of hydrogen-bond donors (Lipinski definition) is 9. The Labute approximate surface area is 688 Å². The second-order valence-corrected chi connectivity index (χ2v) is 26.8. The van der Waals surface area contributed by atoms with Gasteiger partial charge in [0.25, 0.3) is 28.5 Å². The third-order valence-electron chi connectivity index (χ3n) is 17.7. The van der Waals surface area contributed by atoms with E-state index >= 15 is 0 Å². The Morgan fingerprint density at radius 1 is 0.402 bits per heavy atom. The highest BCUT2D eigenvalue weighted by molar-refractivity contribution is 6.67. The summed E-state index contributed by atoms with van der Waals surface area (Å²) < 4.78 is 4.80. The van der Waals surface area contributed by atoms with E-state index in [2.05, 4.69) is 45.5 Å². The number of nitrogens with one attached hydrogen (secondary N) is 2. The Balaban J connectivity index is 0.000000197. The molecule has 0 atom stereocenters. The van der Waals surface area contributed by atoms with Crippen molar-refractivity contribution in [1.82, 2.24) is 53.9 Å². The fourth-order valence-corrected chi connectivity index (χ4v) is 12.2. The highest BCUT2D eigenvalue weighted by Gasteiger charge is 2.21. The number of benzene rings is 9. The number of nitrogens with two attached hydrogens (primary N) is 5. The largest absolute Gasteiger partial charge is 0.478 e. The lowest BCUT2D eigenvalue weighted by molar-refractivity contribution is -0.109. The Bertz CT molecular complexity index is 5990. The first kappa shape index (κ1) is 90.3. The summed E-state index contributed by atoms with van der Waals surface area (Å²) in [4.78, 5) is 123. The molecular weight excluding hydrogens is 1550 g/mol. The molecule has 5 aromatic heterocycles. The number of amides is 2. The van der Waals surface area contributed by atoms with Gasteiger partial charge in [-0.05, 0) is 179 Å². The van der Waals surface area contributed by atoms with Crippen molar-refractivity contribution in [3.8, 4) is 17.1 Å². The predicted octanol–water partition coefficient (Wildman–Crippen LogP) is 14.3. The molecule has 602 valence electrons. The molecule has 0 unspecified atom stereocenters.